The van der Waals surface area contributed by atoms with Crippen LogP contribution in [-0.4, -0.2) is 33.9 Å². The number of hydrogen-bond acceptors (Lipinski definition) is 4. The van der Waals surface area contributed by atoms with Crippen molar-refractivity contribution in [3.63, 3.8) is 0 Å². The molecule has 0 aliphatic carbocycles. The van der Waals surface area contributed by atoms with Crippen molar-refractivity contribution in [2.24, 2.45) is 5.73 Å². The molecule has 0 radical (unpaired) electrons. The van der Waals surface area contributed by atoms with Gasteiger partial charge in [-0.25, -0.2) is 8.42 Å². The quantitative estimate of drug-likeness (QED) is 0.887. The van der Waals surface area contributed by atoms with Gasteiger partial charge in [0.05, 0.1) is 17.3 Å². The highest BCUT2D eigenvalue weighted by molar-refractivity contribution is 9.10. The molecule has 4 nitrogen and oxygen atoms in total. The minimum absolute atomic E-state index is 0.114. The van der Waals surface area contributed by atoms with Crippen molar-refractivity contribution in [1.82, 2.24) is 0 Å². The molecule has 1 unspecified atom stereocenters. The van der Waals surface area contributed by atoms with Crippen molar-refractivity contribution in [3.8, 4) is 0 Å². The lowest BCUT2D eigenvalue weighted by atomic mass is 10.4. The maximum atomic E-state index is 11.9. The molecule has 0 saturated heterocycles. The summed E-state index contributed by atoms with van der Waals surface area (Å²) in [5.74, 6) is -0.114. The van der Waals surface area contributed by atoms with Crippen LogP contribution in [-0.2, 0) is 14.6 Å². The molecule has 0 spiro atoms. The summed E-state index contributed by atoms with van der Waals surface area (Å²) in [5.41, 5.74) is 5.63. The van der Waals surface area contributed by atoms with Crippen LogP contribution >= 0.6 is 15.9 Å². The summed E-state index contributed by atoms with van der Waals surface area (Å²) in [7, 11) is -1.85. The molecule has 0 aliphatic rings. The van der Waals surface area contributed by atoms with Gasteiger partial charge < -0.3 is 10.5 Å². The van der Waals surface area contributed by atoms with Crippen LogP contribution in [0.2, 0.25) is 0 Å². The maximum absolute atomic E-state index is 11.9. The molecule has 6 heteroatoms. The average molecular weight is 308 g/mol. The molecule has 0 fully saturated rings. The fraction of sp³-hybridized carbons (Fsp3) is 0.400. The maximum Gasteiger partial charge on any atom is 0.180 e. The van der Waals surface area contributed by atoms with E-state index in [1.54, 1.807) is 24.3 Å². The first-order valence-corrected chi connectivity index (χ1v) is 7.13. The second-order valence-corrected chi connectivity index (χ2v) is 6.40. The Balaban J connectivity index is 2.86. The van der Waals surface area contributed by atoms with E-state index in [1.807, 2.05) is 0 Å². The summed E-state index contributed by atoms with van der Waals surface area (Å²) >= 11 is 3.23. The SMILES string of the molecule is COCC(N)CS(=O)(=O)c1cccc(Br)c1. The molecule has 0 aromatic heterocycles. The molecule has 90 valence electrons. The lowest BCUT2D eigenvalue weighted by molar-refractivity contribution is 0.186. The van der Waals surface area contributed by atoms with E-state index in [4.69, 9.17) is 10.5 Å². The third-order valence-corrected chi connectivity index (χ3v) is 4.30. The molecule has 0 saturated carbocycles. The number of halogens is 1. The van der Waals surface area contributed by atoms with Gasteiger partial charge >= 0.3 is 0 Å². The Bertz CT molecular complexity index is 447. The Kier molecular flexibility index (Phi) is 4.91. The van der Waals surface area contributed by atoms with E-state index >= 15 is 0 Å². The molecule has 0 amide bonds. The highest BCUT2D eigenvalue weighted by atomic mass is 79.9. The minimum Gasteiger partial charge on any atom is -0.383 e. The van der Waals surface area contributed by atoms with Crippen LogP contribution < -0.4 is 5.73 Å². The van der Waals surface area contributed by atoms with Gasteiger partial charge in [0, 0.05) is 17.6 Å². The zero-order valence-electron chi connectivity index (χ0n) is 8.89. The standard InChI is InChI=1S/C10H14BrNO3S/c1-15-6-9(12)7-16(13,14)10-4-2-3-8(11)5-10/h2-5,9H,6-7,12H2,1H3. The van der Waals surface area contributed by atoms with Crippen molar-refractivity contribution < 1.29 is 13.2 Å². The van der Waals surface area contributed by atoms with Gasteiger partial charge in [0.25, 0.3) is 0 Å². The Morgan fingerprint density at radius 1 is 1.50 bits per heavy atom. The average Bonchev–Trinajstić information content (AvgIpc) is 2.17. The summed E-state index contributed by atoms with van der Waals surface area (Å²) in [6.45, 7) is 0.229. The highest BCUT2D eigenvalue weighted by Gasteiger charge is 2.18. The van der Waals surface area contributed by atoms with E-state index in [9.17, 15) is 8.42 Å². The number of nitrogens with two attached hydrogens (primary N) is 1. The van der Waals surface area contributed by atoms with Gasteiger partial charge in [-0.2, -0.15) is 0 Å². The molecular weight excluding hydrogens is 294 g/mol. The molecule has 1 rings (SSSR count). The van der Waals surface area contributed by atoms with E-state index in [0.717, 1.165) is 4.47 Å². The summed E-state index contributed by atoms with van der Waals surface area (Å²) in [4.78, 5) is 0.272. The monoisotopic (exact) mass is 307 g/mol. The van der Waals surface area contributed by atoms with Gasteiger partial charge in [-0.3, -0.25) is 0 Å². The molecule has 0 heterocycles. The molecule has 1 aromatic rings. The Labute approximate surface area is 104 Å². The third kappa shape index (κ3) is 3.86. The molecule has 0 aliphatic heterocycles. The minimum atomic E-state index is -3.34. The van der Waals surface area contributed by atoms with Crippen molar-refractivity contribution in [2.45, 2.75) is 10.9 Å². The summed E-state index contributed by atoms with van der Waals surface area (Å²) < 4.78 is 29.4. The van der Waals surface area contributed by atoms with Crippen LogP contribution in [0.15, 0.2) is 33.6 Å². The highest BCUT2D eigenvalue weighted by Crippen LogP contribution is 2.17. The van der Waals surface area contributed by atoms with E-state index in [1.165, 1.54) is 7.11 Å². The predicted molar refractivity (Wildman–Crippen MR) is 66.0 cm³/mol. The van der Waals surface area contributed by atoms with E-state index < -0.39 is 15.9 Å². The first kappa shape index (κ1) is 13.6. The topological polar surface area (TPSA) is 69.4 Å². The molecule has 2 N–H and O–H groups in total. The van der Waals surface area contributed by atoms with Crippen LogP contribution in [0.4, 0.5) is 0 Å². The fourth-order valence-electron chi connectivity index (χ4n) is 1.30. The largest absolute Gasteiger partial charge is 0.383 e. The summed E-state index contributed by atoms with van der Waals surface area (Å²) in [5, 5.41) is 0. The van der Waals surface area contributed by atoms with Gasteiger partial charge in [0.1, 0.15) is 0 Å². The van der Waals surface area contributed by atoms with E-state index in [2.05, 4.69) is 15.9 Å². The number of sulfone groups is 1. The zero-order valence-corrected chi connectivity index (χ0v) is 11.3. The number of benzene rings is 1. The van der Waals surface area contributed by atoms with Gasteiger partial charge in [-0.15, -0.1) is 0 Å². The van der Waals surface area contributed by atoms with Crippen LogP contribution in [0.25, 0.3) is 0 Å². The van der Waals surface area contributed by atoms with Gasteiger partial charge in [-0.1, -0.05) is 22.0 Å². The van der Waals surface area contributed by atoms with Crippen LogP contribution in [0.3, 0.4) is 0 Å². The van der Waals surface area contributed by atoms with Crippen molar-refractivity contribution in [3.05, 3.63) is 28.7 Å². The number of rotatable bonds is 5. The molecule has 0 bridgehead atoms. The fourth-order valence-corrected chi connectivity index (χ4v) is 3.30. The van der Waals surface area contributed by atoms with Crippen molar-refractivity contribution in [1.29, 1.82) is 0 Å². The molecule has 16 heavy (non-hydrogen) atoms. The lowest BCUT2D eigenvalue weighted by Gasteiger charge is -2.11. The first-order chi connectivity index (χ1) is 7.45. The lowest BCUT2D eigenvalue weighted by Crippen LogP contribution is -2.33. The summed E-state index contributed by atoms with van der Waals surface area (Å²) in [6, 6.07) is 6.07. The van der Waals surface area contributed by atoms with Gasteiger partial charge in [-0.05, 0) is 18.2 Å². The first-order valence-electron chi connectivity index (χ1n) is 4.68. The predicted octanol–water partition coefficient (Wildman–Crippen LogP) is 1.20. The Morgan fingerprint density at radius 2 is 2.19 bits per heavy atom. The van der Waals surface area contributed by atoms with E-state index in [0.29, 0.717) is 0 Å². The zero-order chi connectivity index (χ0) is 12.2. The second-order valence-electron chi connectivity index (χ2n) is 3.45. The van der Waals surface area contributed by atoms with E-state index in [-0.39, 0.29) is 17.3 Å². The van der Waals surface area contributed by atoms with Crippen LogP contribution in [0, 0.1) is 0 Å². The summed E-state index contributed by atoms with van der Waals surface area (Å²) in [6.07, 6.45) is 0. The Morgan fingerprint density at radius 3 is 2.75 bits per heavy atom. The number of methoxy groups -OCH3 is 1. The second kappa shape index (κ2) is 5.77. The van der Waals surface area contributed by atoms with Gasteiger partial charge in [0.15, 0.2) is 9.84 Å². The smallest absolute Gasteiger partial charge is 0.180 e. The molecule has 1 atom stereocenters. The third-order valence-electron chi connectivity index (χ3n) is 1.97. The Hall–Kier alpha value is -0.430. The number of ether oxygens (including phenoxy) is 1. The molecule has 1 aromatic carbocycles. The van der Waals surface area contributed by atoms with Crippen LogP contribution in [0.1, 0.15) is 0 Å². The molecular formula is C10H14BrNO3S. The van der Waals surface area contributed by atoms with Crippen LogP contribution in [0.5, 0.6) is 0 Å². The van der Waals surface area contributed by atoms with Crippen molar-refractivity contribution in [2.75, 3.05) is 19.5 Å². The van der Waals surface area contributed by atoms with Gasteiger partial charge in [0.2, 0.25) is 0 Å². The number of hydrogen-bond donors (Lipinski definition) is 1. The normalized spacial score (nSPS) is 13.7. The van der Waals surface area contributed by atoms with Crippen molar-refractivity contribution >= 4 is 25.8 Å².